The Morgan fingerprint density at radius 3 is 2.04 bits per heavy atom. The van der Waals surface area contributed by atoms with E-state index >= 15 is 0 Å². The molecule has 0 spiro atoms. The molecule has 0 fully saturated rings. The third-order valence-electron chi connectivity index (χ3n) is 3.68. The van der Waals surface area contributed by atoms with E-state index < -0.39 is 0 Å². The summed E-state index contributed by atoms with van der Waals surface area (Å²) in [6.07, 6.45) is 6.44. The van der Waals surface area contributed by atoms with Crippen LogP contribution in [0.15, 0.2) is 54.6 Å². The lowest BCUT2D eigenvalue weighted by Crippen LogP contribution is -2.06. The summed E-state index contributed by atoms with van der Waals surface area (Å²) >= 11 is 3.97. The Labute approximate surface area is 166 Å². The van der Waals surface area contributed by atoms with Crippen LogP contribution in [0.4, 0.5) is 0 Å². The molecule has 0 unspecified atom stereocenters. The highest BCUT2D eigenvalue weighted by atomic mass is 32.1. The molecule has 146 valence electrons. The minimum Gasteiger partial charge on any atom is -0.400 e. The van der Waals surface area contributed by atoms with Crippen molar-refractivity contribution in [3.05, 3.63) is 60.2 Å². The Bertz CT molecular complexity index is 540. The van der Waals surface area contributed by atoms with Crippen molar-refractivity contribution >= 4 is 12.6 Å². The van der Waals surface area contributed by atoms with Gasteiger partial charge >= 0.3 is 0 Å². The van der Waals surface area contributed by atoms with E-state index in [1.54, 1.807) is 0 Å². The lowest BCUT2D eigenvalue weighted by molar-refractivity contribution is 0.399. The third-order valence-corrected chi connectivity index (χ3v) is 3.68. The van der Waals surface area contributed by atoms with Gasteiger partial charge in [-0.1, -0.05) is 81.3 Å². The maximum Gasteiger partial charge on any atom is 0.0319 e. The standard InChI is InChI=1S/C19H25N.C3H8S.CH4O/c1-20-15-8-3-2-5-10-17-11-9-14-19(16-17)18-12-6-4-7-13-18;1-3(2)4;1-2/h4,6-7,9,11-14,16,20H,2-3,5,8,10,15H2,1H3;3-4H,1-2H3;2H,1H3. The maximum atomic E-state index is 7.00. The highest BCUT2D eigenvalue weighted by Gasteiger charge is 1.99. The van der Waals surface area contributed by atoms with Crippen LogP contribution in [-0.4, -0.2) is 31.1 Å². The summed E-state index contributed by atoms with van der Waals surface area (Å²) in [5.41, 5.74) is 4.10. The molecule has 0 heterocycles. The van der Waals surface area contributed by atoms with E-state index in [0.717, 1.165) is 13.7 Å². The number of thiol groups is 1. The zero-order valence-corrected chi connectivity index (χ0v) is 17.8. The van der Waals surface area contributed by atoms with Crippen LogP contribution in [0.5, 0.6) is 0 Å². The zero-order chi connectivity index (χ0) is 19.6. The van der Waals surface area contributed by atoms with E-state index in [4.69, 9.17) is 5.11 Å². The molecule has 0 aliphatic heterocycles. The fourth-order valence-electron chi connectivity index (χ4n) is 2.52. The van der Waals surface area contributed by atoms with E-state index in [0.29, 0.717) is 5.25 Å². The van der Waals surface area contributed by atoms with Crippen molar-refractivity contribution < 1.29 is 5.11 Å². The van der Waals surface area contributed by atoms with Crippen LogP contribution in [0.25, 0.3) is 11.1 Å². The van der Waals surface area contributed by atoms with E-state index in [9.17, 15) is 0 Å². The van der Waals surface area contributed by atoms with Crippen molar-refractivity contribution in [3.63, 3.8) is 0 Å². The molecule has 0 radical (unpaired) electrons. The molecule has 3 heteroatoms. The van der Waals surface area contributed by atoms with E-state index in [1.165, 1.54) is 48.8 Å². The first-order valence-electron chi connectivity index (χ1n) is 9.55. The summed E-state index contributed by atoms with van der Waals surface area (Å²) < 4.78 is 0. The highest BCUT2D eigenvalue weighted by Crippen LogP contribution is 2.21. The Kier molecular flexibility index (Phi) is 16.3. The maximum absolute atomic E-state index is 7.00. The average Bonchev–Trinajstić information content (AvgIpc) is 2.67. The second-order valence-electron chi connectivity index (χ2n) is 6.43. The van der Waals surface area contributed by atoms with Gasteiger partial charge in [-0.05, 0) is 54.8 Å². The van der Waals surface area contributed by atoms with Crippen LogP contribution in [-0.2, 0) is 6.42 Å². The fourth-order valence-corrected chi connectivity index (χ4v) is 2.52. The summed E-state index contributed by atoms with van der Waals surface area (Å²) in [6.45, 7) is 5.20. The highest BCUT2D eigenvalue weighted by molar-refractivity contribution is 7.80. The Morgan fingerprint density at radius 2 is 1.42 bits per heavy atom. The minimum atomic E-state index is 0.528. The van der Waals surface area contributed by atoms with Gasteiger partial charge in [0.2, 0.25) is 0 Å². The lowest BCUT2D eigenvalue weighted by atomic mass is 10.00. The molecule has 0 amide bonds. The second-order valence-corrected chi connectivity index (χ2v) is 7.46. The number of nitrogens with one attached hydrogen (secondary N) is 1. The summed E-state index contributed by atoms with van der Waals surface area (Å²) in [5, 5.41) is 10.7. The summed E-state index contributed by atoms with van der Waals surface area (Å²) in [6, 6.07) is 19.6. The third kappa shape index (κ3) is 13.0. The molecule has 2 aromatic rings. The van der Waals surface area contributed by atoms with Crippen LogP contribution in [0.3, 0.4) is 0 Å². The minimum absolute atomic E-state index is 0.528. The van der Waals surface area contributed by atoms with Crippen LogP contribution >= 0.6 is 12.6 Å². The first kappa shape index (κ1) is 24.7. The van der Waals surface area contributed by atoms with E-state index in [1.807, 2.05) is 20.9 Å². The number of aryl methyl sites for hydroxylation is 1. The molecule has 0 aliphatic carbocycles. The number of unbranched alkanes of at least 4 members (excludes halogenated alkanes) is 3. The van der Waals surface area contributed by atoms with Gasteiger partial charge in [-0.3, -0.25) is 0 Å². The van der Waals surface area contributed by atoms with Crippen molar-refractivity contribution in [1.82, 2.24) is 5.32 Å². The Balaban J connectivity index is 0.000000920. The Morgan fingerprint density at radius 1 is 0.846 bits per heavy atom. The molecule has 26 heavy (non-hydrogen) atoms. The normalized spacial score (nSPS) is 9.81. The topological polar surface area (TPSA) is 32.3 Å². The van der Waals surface area contributed by atoms with Crippen molar-refractivity contribution in [2.45, 2.75) is 51.2 Å². The van der Waals surface area contributed by atoms with Gasteiger partial charge in [0.05, 0.1) is 0 Å². The smallest absolute Gasteiger partial charge is 0.0319 e. The SMILES string of the molecule is CC(C)S.CNCCCCCCc1cccc(-c2ccccc2)c1.CO. The summed E-state index contributed by atoms with van der Waals surface area (Å²) in [5.74, 6) is 0. The number of rotatable bonds is 8. The number of hydrogen-bond acceptors (Lipinski definition) is 3. The fraction of sp³-hybridized carbons (Fsp3) is 0.478. The van der Waals surface area contributed by atoms with Gasteiger partial charge in [0.25, 0.3) is 0 Å². The molecule has 0 atom stereocenters. The molecule has 0 aromatic heterocycles. The monoisotopic (exact) mass is 375 g/mol. The largest absolute Gasteiger partial charge is 0.400 e. The number of aliphatic hydroxyl groups is 1. The molecule has 2 nitrogen and oxygen atoms in total. The van der Waals surface area contributed by atoms with Gasteiger partial charge in [0, 0.05) is 7.11 Å². The van der Waals surface area contributed by atoms with E-state index in [2.05, 4.69) is 72.5 Å². The Hall–Kier alpha value is -1.29. The summed E-state index contributed by atoms with van der Waals surface area (Å²) in [7, 11) is 3.02. The number of hydrogen-bond donors (Lipinski definition) is 3. The van der Waals surface area contributed by atoms with Crippen molar-refractivity contribution in [2.75, 3.05) is 20.7 Å². The van der Waals surface area contributed by atoms with Crippen LogP contribution in [0, 0.1) is 0 Å². The second kappa shape index (κ2) is 17.1. The molecule has 2 aromatic carbocycles. The van der Waals surface area contributed by atoms with Crippen molar-refractivity contribution in [2.24, 2.45) is 0 Å². The molecular formula is C23H37NOS. The molecule has 2 rings (SSSR count). The predicted molar refractivity (Wildman–Crippen MR) is 120 cm³/mol. The van der Waals surface area contributed by atoms with E-state index in [-0.39, 0.29) is 0 Å². The molecule has 0 aliphatic rings. The van der Waals surface area contributed by atoms with Gasteiger partial charge in [0.15, 0.2) is 0 Å². The molecule has 0 saturated heterocycles. The first-order valence-corrected chi connectivity index (χ1v) is 10.1. The zero-order valence-electron chi connectivity index (χ0n) is 16.9. The van der Waals surface area contributed by atoms with Crippen LogP contribution in [0.1, 0.15) is 45.1 Å². The molecular weight excluding hydrogens is 338 g/mol. The van der Waals surface area contributed by atoms with Gasteiger partial charge in [-0.15, -0.1) is 0 Å². The van der Waals surface area contributed by atoms with Gasteiger partial charge < -0.3 is 10.4 Å². The lowest BCUT2D eigenvalue weighted by Gasteiger charge is -2.06. The predicted octanol–water partition coefficient (Wildman–Crippen LogP) is 5.61. The summed E-state index contributed by atoms with van der Waals surface area (Å²) in [4.78, 5) is 0. The van der Waals surface area contributed by atoms with Crippen molar-refractivity contribution in [1.29, 1.82) is 0 Å². The molecule has 2 N–H and O–H groups in total. The van der Waals surface area contributed by atoms with Gasteiger partial charge in [0.1, 0.15) is 0 Å². The van der Waals surface area contributed by atoms with Gasteiger partial charge in [-0.2, -0.15) is 12.6 Å². The number of aliphatic hydroxyl groups excluding tert-OH is 1. The molecule has 0 bridgehead atoms. The average molecular weight is 376 g/mol. The molecule has 0 saturated carbocycles. The van der Waals surface area contributed by atoms with Crippen molar-refractivity contribution in [3.8, 4) is 11.1 Å². The van der Waals surface area contributed by atoms with Gasteiger partial charge in [-0.25, -0.2) is 0 Å². The first-order chi connectivity index (χ1) is 12.6. The number of benzene rings is 2. The van der Waals surface area contributed by atoms with Crippen LogP contribution in [0.2, 0.25) is 0 Å². The quantitative estimate of drug-likeness (QED) is 0.414. The van der Waals surface area contributed by atoms with Crippen LogP contribution < -0.4 is 5.32 Å².